The van der Waals surface area contributed by atoms with Crippen LogP contribution in [0.3, 0.4) is 0 Å². The molecule has 0 heteroatoms. The van der Waals surface area contributed by atoms with E-state index in [9.17, 15) is 0 Å². The molecule has 0 N–H and O–H groups in total. The van der Waals surface area contributed by atoms with Crippen molar-refractivity contribution < 1.29 is 0 Å². The number of hydrogen-bond acceptors (Lipinski definition) is 0. The molecule has 0 nitrogen and oxygen atoms in total. The summed E-state index contributed by atoms with van der Waals surface area (Å²) in [5.41, 5.74) is 6.01. The van der Waals surface area contributed by atoms with E-state index in [1.54, 1.807) is 0 Å². The minimum Gasteiger partial charge on any atom is -0.0654 e. The molecule has 0 aliphatic heterocycles. The first-order valence-corrected chi connectivity index (χ1v) is 16.9. The van der Waals surface area contributed by atoms with Gasteiger partial charge in [0.05, 0.1) is 0 Å². The molecule has 0 radical (unpaired) electrons. The van der Waals surface area contributed by atoms with Crippen LogP contribution in [0.1, 0.15) is 138 Å². The Hall–Kier alpha value is -3.12. The van der Waals surface area contributed by atoms with Crippen molar-refractivity contribution in [2.75, 3.05) is 0 Å². The molecule has 0 aromatic heterocycles. The summed E-state index contributed by atoms with van der Waals surface area (Å²) in [4.78, 5) is 0. The van der Waals surface area contributed by atoms with E-state index in [0.29, 0.717) is 17.8 Å². The summed E-state index contributed by atoms with van der Waals surface area (Å²) in [6, 6.07) is 44.3. The molecular weight excluding hydrogens is 504 g/mol. The van der Waals surface area contributed by atoms with Crippen LogP contribution in [-0.2, 0) is 0 Å². The van der Waals surface area contributed by atoms with Gasteiger partial charge in [-0.1, -0.05) is 175 Å². The largest absolute Gasteiger partial charge is 0.0654 e. The van der Waals surface area contributed by atoms with Gasteiger partial charge in [0.2, 0.25) is 0 Å². The molecule has 0 heterocycles. The lowest BCUT2D eigenvalue weighted by Gasteiger charge is -2.25. The van der Waals surface area contributed by atoms with Crippen LogP contribution in [0.15, 0.2) is 121 Å². The van der Waals surface area contributed by atoms with Crippen LogP contribution in [0.25, 0.3) is 0 Å². The van der Waals surface area contributed by atoms with E-state index < -0.39 is 0 Å². The molecule has 0 spiro atoms. The molecule has 0 bridgehead atoms. The molecule has 4 aromatic rings. The fourth-order valence-corrected chi connectivity index (χ4v) is 6.38. The van der Waals surface area contributed by atoms with Crippen molar-refractivity contribution in [3.8, 4) is 0 Å². The van der Waals surface area contributed by atoms with Crippen molar-refractivity contribution in [2.24, 2.45) is 0 Å². The lowest BCUT2D eigenvalue weighted by Crippen LogP contribution is -2.08. The standard InChI is InChI=1S/C30H38.C12H18/c1-3-15-29(27-18-10-6-11-19-27)24-30(28-20-12-7-13-21-28)23-14-22-25(4-2)26-16-8-5-9-17-26;1-3-4-8-11(2)12-9-6-5-7-10-12/h5-13,16-21,25,29-30H,3-4,14-15,22-24H2,1-2H3;5-7,9-11H,3-4,8H2,1-2H3. The van der Waals surface area contributed by atoms with Gasteiger partial charge in [-0.15, -0.1) is 0 Å². The Morgan fingerprint density at radius 1 is 0.405 bits per heavy atom. The maximum atomic E-state index is 2.34. The van der Waals surface area contributed by atoms with E-state index in [4.69, 9.17) is 0 Å². The fourth-order valence-electron chi connectivity index (χ4n) is 6.38. The number of benzene rings is 4. The zero-order chi connectivity index (χ0) is 29.8. The van der Waals surface area contributed by atoms with Crippen molar-refractivity contribution in [2.45, 2.75) is 116 Å². The van der Waals surface area contributed by atoms with Crippen molar-refractivity contribution in [3.63, 3.8) is 0 Å². The van der Waals surface area contributed by atoms with Crippen molar-refractivity contribution >= 4 is 0 Å². The van der Waals surface area contributed by atoms with Crippen molar-refractivity contribution in [1.29, 1.82) is 0 Å². The molecule has 4 aromatic carbocycles. The molecule has 0 saturated carbocycles. The quantitative estimate of drug-likeness (QED) is 0.128. The normalized spacial score (nSPS) is 13.8. The zero-order valence-electron chi connectivity index (χ0n) is 26.9. The molecule has 0 amide bonds. The Balaban J connectivity index is 0.000000337. The van der Waals surface area contributed by atoms with Crippen LogP contribution < -0.4 is 0 Å². The molecule has 224 valence electrons. The smallest absolute Gasteiger partial charge is 0.0156 e. The Kier molecular flexibility index (Phi) is 15.8. The van der Waals surface area contributed by atoms with E-state index in [-0.39, 0.29) is 0 Å². The molecule has 4 atom stereocenters. The fraction of sp³-hybridized carbons (Fsp3) is 0.429. The van der Waals surface area contributed by atoms with Gasteiger partial charge >= 0.3 is 0 Å². The number of unbranched alkanes of at least 4 members (excludes halogenated alkanes) is 1. The van der Waals surface area contributed by atoms with Gasteiger partial charge in [-0.05, 0) is 84.5 Å². The maximum Gasteiger partial charge on any atom is -0.0156 e. The summed E-state index contributed by atoms with van der Waals surface area (Å²) in [6.45, 7) is 9.21. The van der Waals surface area contributed by atoms with Gasteiger partial charge in [-0.25, -0.2) is 0 Å². The van der Waals surface area contributed by atoms with Crippen molar-refractivity contribution in [1.82, 2.24) is 0 Å². The highest BCUT2D eigenvalue weighted by atomic mass is 14.2. The molecule has 0 saturated heterocycles. The highest BCUT2D eigenvalue weighted by Gasteiger charge is 2.20. The van der Waals surface area contributed by atoms with Crippen LogP contribution in [0, 0.1) is 0 Å². The minimum atomic E-state index is 0.635. The molecule has 4 unspecified atom stereocenters. The lowest BCUT2D eigenvalue weighted by molar-refractivity contribution is 0.449. The SMILES string of the molecule is CCCC(CC(CCCC(CC)c1ccccc1)c1ccccc1)c1ccccc1.CCCCC(C)c1ccccc1. The van der Waals surface area contributed by atoms with Crippen molar-refractivity contribution in [3.05, 3.63) is 144 Å². The van der Waals surface area contributed by atoms with Gasteiger partial charge in [-0.3, -0.25) is 0 Å². The third-order valence-electron chi connectivity index (χ3n) is 8.98. The summed E-state index contributed by atoms with van der Waals surface area (Å²) in [5, 5.41) is 0. The van der Waals surface area contributed by atoms with Gasteiger partial charge in [0.25, 0.3) is 0 Å². The minimum absolute atomic E-state index is 0.635. The Morgan fingerprint density at radius 2 is 0.810 bits per heavy atom. The average molecular weight is 561 g/mol. The Morgan fingerprint density at radius 3 is 1.24 bits per heavy atom. The topological polar surface area (TPSA) is 0 Å². The molecule has 4 rings (SSSR count). The predicted octanol–water partition coefficient (Wildman–Crippen LogP) is 13.1. The molecule has 0 aliphatic carbocycles. The predicted molar refractivity (Wildman–Crippen MR) is 186 cm³/mol. The molecule has 0 fully saturated rings. The summed E-state index contributed by atoms with van der Waals surface area (Å²) >= 11 is 0. The maximum absolute atomic E-state index is 2.34. The molecule has 42 heavy (non-hydrogen) atoms. The average Bonchev–Trinajstić information content (AvgIpc) is 3.06. The van der Waals surface area contributed by atoms with E-state index in [1.165, 1.54) is 86.5 Å². The third-order valence-corrected chi connectivity index (χ3v) is 8.98. The second-order valence-corrected chi connectivity index (χ2v) is 12.1. The zero-order valence-corrected chi connectivity index (χ0v) is 26.9. The van der Waals surface area contributed by atoms with Crippen LogP contribution in [0.4, 0.5) is 0 Å². The second kappa shape index (κ2) is 19.9. The number of rotatable bonds is 16. The first kappa shape index (κ1) is 33.4. The molecular formula is C42H56. The van der Waals surface area contributed by atoms with Crippen LogP contribution >= 0.6 is 0 Å². The summed E-state index contributed by atoms with van der Waals surface area (Å²) in [5.74, 6) is 2.70. The third kappa shape index (κ3) is 11.6. The van der Waals surface area contributed by atoms with Crippen LogP contribution in [-0.4, -0.2) is 0 Å². The van der Waals surface area contributed by atoms with Crippen LogP contribution in [0.2, 0.25) is 0 Å². The number of hydrogen-bond donors (Lipinski definition) is 0. The highest BCUT2D eigenvalue weighted by Crippen LogP contribution is 2.37. The van der Waals surface area contributed by atoms with Gasteiger partial charge in [0, 0.05) is 0 Å². The first-order chi connectivity index (χ1) is 20.7. The summed E-state index contributed by atoms with van der Waals surface area (Å²) < 4.78 is 0. The summed E-state index contributed by atoms with van der Waals surface area (Å²) in [7, 11) is 0. The van der Waals surface area contributed by atoms with E-state index in [0.717, 1.165) is 5.92 Å². The van der Waals surface area contributed by atoms with Crippen LogP contribution in [0.5, 0.6) is 0 Å². The van der Waals surface area contributed by atoms with Gasteiger partial charge in [0.1, 0.15) is 0 Å². The Bertz CT molecular complexity index is 1170. The van der Waals surface area contributed by atoms with E-state index in [2.05, 4.69) is 149 Å². The Labute approximate surface area is 258 Å². The highest BCUT2D eigenvalue weighted by molar-refractivity contribution is 5.24. The van der Waals surface area contributed by atoms with Gasteiger partial charge < -0.3 is 0 Å². The van der Waals surface area contributed by atoms with Gasteiger partial charge in [0.15, 0.2) is 0 Å². The lowest BCUT2D eigenvalue weighted by atomic mass is 9.79. The van der Waals surface area contributed by atoms with E-state index >= 15 is 0 Å². The van der Waals surface area contributed by atoms with E-state index in [1.807, 2.05) is 0 Å². The molecule has 0 aliphatic rings. The first-order valence-electron chi connectivity index (χ1n) is 16.9. The van der Waals surface area contributed by atoms with Gasteiger partial charge in [-0.2, -0.15) is 0 Å². The second-order valence-electron chi connectivity index (χ2n) is 12.1. The summed E-state index contributed by atoms with van der Waals surface area (Å²) in [6.07, 6.45) is 12.8. The monoisotopic (exact) mass is 560 g/mol.